The number of aliphatic hydroxyl groups is 1. The van der Waals surface area contributed by atoms with Gasteiger partial charge in [0.1, 0.15) is 0 Å². The van der Waals surface area contributed by atoms with Crippen molar-refractivity contribution in [2.45, 2.75) is 70.3 Å². The molecule has 0 spiro atoms. The Morgan fingerprint density at radius 2 is 1.78 bits per heavy atom. The highest BCUT2D eigenvalue weighted by Crippen LogP contribution is 2.38. The van der Waals surface area contributed by atoms with Crippen molar-refractivity contribution in [2.24, 2.45) is 17.8 Å². The fourth-order valence-corrected chi connectivity index (χ4v) is 7.18. The molecule has 2 aromatic carbocycles. The van der Waals surface area contributed by atoms with Gasteiger partial charge in [-0.25, -0.2) is 8.42 Å². The number of hydrogen-bond acceptors (Lipinski definition) is 4. The van der Waals surface area contributed by atoms with Gasteiger partial charge in [-0.3, -0.25) is 4.31 Å². The molecule has 1 aliphatic heterocycles. The summed E-state index contributed by atoms with van der Waals surface area (Å²) in [5.74, 6) is 4.04. The first-order valence-corrected chi connectivity index (χ1v) is 14.8. The topological polar surface area (TPSA) is 60.9 Å². The molecule has 0 bridgehead atoms. The second kappa shape index (κ2) is 11.3. The van der Waals surface area contributed by atoms with Gasteiger partial charge < -0.3 is 10.0 Å². The van der Waals surface area contributed by atoms with Crippen LogP contribution in [0.1, 0.15) is 70.1 Å². The summed E-state index contributed by atoms with van der Waals surface area (Å²) >= 11 is 0. The maximum atomic E-state index is 13.9. The number of benzene rings is 2. The Kier molecular flexibility index (Phi) is 8.32. The summed E-state index contributed by atoms with van der Waals surface area (Å²) in [7, 11) is -3.79. The monoisotopic (exact) mass is 508 g/mol. The smallest absolute Gasteiger partial charge is 0.264 e. The molecule has 4 rings (SSSR count). The van der Waals surface area contributed by atoms with Crippen LogP contribution in [-0.2, 0) is 16.4 Å². The maximum absolute atomic E-state index is 13.9. The molecule has 0 radical (unpaired) electrons. The molecule has 0 saturated heterocycles. The quantitative estimate of drug-likeness (QED) is 0.459. The van der Waals surface area contributed by atoms with E-state index in [-0.39, 0.29) is 10.8 Å². The molecule has 1 aliphatic carbocycles. The second-order valence-corrected chi connectivity index (χ2v) is 12.7. The predicted molar refractivity (Wildman–Crippen MR) is 148 cm³/mol. The van der Waals surface area contributed by atoms with E-state index in [0.29, 0.717) is 36.1 Å². The van der Waals surface area contributed by atoms with Crippen molar-refractivity contribution in [3.8, 4) is 12.3 Å². The molecule has 194 valence electrons. The number of aryl methyl sites for hydroxylation is 1. The molecular formula is C30H40N2O3S. The summed E-state index contributed by atoms with van der Waals surface area (Å²) in [5, 5.41) is 10.8. The summed E-state index contributed by atoms with van der Waals surface area (Å²) < 4.78 is 29.3. The summed E-state index contributed by atoms with van der Waals surface area (Å²) in [4.78, 5) is 2.56. The zero-order valence-corrected chi connectivity index (χ0v) is 22.7. The van der Waals surface area contributed by atoms with Gasteiger partial charge >= 0.3 is 0 Å². The van der Waals surface area contributed by atoms with Crippen LogP contribution in [0.4, 0.5) is 11.4 Å². The largest absolute Gasteiger partial charge is 0.388 e. The molecule has 6 heteroatoms. The van der Waals surface area contributed by atoms with E-state index in [1.165, 1.54) is 9.87 Å². The Morgan fingerprint density at radius 3 is 2.39 bits per heavy atom. The SMILES string of the molecule is C#CC1CCC(CN2CCC(O)c3cc(S(=O)(=O)N(CC(C)C)c4ccc(CC)cc4)ccc32)CC1. The number of nitrogens with zero attached hydrogens (tertiary/aromatic N) is 2. The van der Waals surface area contributed by atoms with Gasteiger partial charge in [0.15, 0.2) is 0 Å². The van der Waals surface area contributed by atoms with Gasteiger partial charge in [-0.05, 0) is 86.3 Å². The van der Waals surface area contributed by atoms with Crippen LogP contribution in [0.3, 0.4) is 0 Å². The number of sulfonamides is 1. The molecule has 36 heavy (non-hydrogen) atoms. The van der Waals surface area contributed by atoms with E-state index < -0.39 is 16.1 Å². The Hall–Kier alpha value is -2.49. The number of hydrogen-bond donors (Lipinski definition) is 1. The third-order valence-electron chi connectivity index (χ3n) is 7.68. The lowest BCUT2D eigenvalue weighted by atomic mass is 9.82. The highest BCUT2D eigenvalue weighted by molar-refractivity contribution is 7.92. The molecule has 0 aromatic heterocycles. The van der Waals surface area contributed by atoms with E-state index in [9.17, 15) is 13.5 Å². The van der Waals surface area contributed by atoms with Crippen molar-refractivity contribution < 1.29 is 13.5 Å². The van der Waals surface area contributed by atoms with Gasteiger partial charge in [0.25, 0.3) is 10.0 Å². The average Bonchev–Trinajstić information content (AvgIpc) is 2.89. The molecule has 1 heterocycles. The Balaban J connectivity index is 1.61. The number of anilines is 2. The standard InChI is InChI=1S/C30H40N2O3S/c1-5-23-7-9-25(10-8-23)21-31-18-17-30(33)28-19-27(15-16-29(28)31)36(34,35)32(20-22(3)4)26-13-11-24(6-2)12-14-26/h1,11-16,19,22-23,25,30,33H,6-10,17-18,20-21H2,2-4H3. The fourth-order valence-electron chi connectivity index (χ4n) is 5.51. The Morgan fingerprint density at radius 1 is 1.08 bits per heavy atom. The minimum Gasteiger partial charge on any atom is -0.388 e. The average molecular weight is 509 g/mol. The van der Waals surface area contributed by atoms with Crippen molar-refractivity contribution in [1.82, 2.24) is 0 Å². The highest BCUT2D eigenvalue weighted by Gasteiger charge is 2.31. The predicted octanol–water partition coefficient (Wildman–Crippen LogP) is 5.78. The lowest BCUT2D eigenvalue weighted by Gasteiger charge is -2.38. The van der Waals surface area contributed by atoms with E-state index >= 15 is 0 Å². The van der Waals surface area contributed by atoms with E-state index in [2.05, 4.69) is 17.7 Å². The lowest BCUT2D eigenvalue weighted by Crippen LogP contribution is -2.37. The number of fused-ring (bicyclic) bond motifs is 1. The minimum absolute atomic E-state index is 0.161. The zero-order valence-electron chi connectivity index (χ0n) is 21.9. The van der Waals surface area contributed by atoms with Gasteiger partial charge in [-0.15, -0.1) is 12.3 Å². The third-order valence-corrected chi connectivity index (χ3v) is 9.47. The van der Waals surface area contributed by atoms with E-state index in [1.54, 1.807) is 12.1 Å². The van der Waals surface area contributed by atoms with Crippen LogP contribution in [0.25, 0.3) is 0 Å². The first kappa shape index (κ1) is 26.6. The zero-order chi connectivity index (χ0) is 25.9. The van der Waals surface area contributed by atoms with Crippen molar-refractivity contribution in [3.63, 3.8) is 0 Å². The van der Waals surface area contributed by atoms with E-state index in [1.807, 2.05) is 44.2 Å². The third kappa shape index (κ3) is 5.74. The van der Waals surface area contributed by atoms with Crippen molar-refractivity contribution in [2.75, 3.05) is 28.8 Å². The molecule has 1 fully saturated rings. The summed E-state index contributed by atoms with van der Waals surface area (Å²) in [6.45, 7) is 8.22. The summed E-state index contributed by atoms with van der Waals surface area (Å²) in [6.07, 6.45) is 10.9. The number of rotatable bonds is 8. The molecule has 0 amide bonds. The number of terminal acetylenes is 1. The van der Waals surface area contributed by atoms with Gasteiger partial charge in [0, 0.05) is 36.8 Å². The van der Waals surface area contributed by atoms with Crippen molar-refractivity contribution in [3.05, 3.63) is 53.6 Å². The molecule has 5 nitrogen and oxygen atoms in total. The molecule has 2 aliphatic rings. The second-order valence-electron chi connectivity index (χ2n) is 10.8. The molecule has 1 atom stereocenters. The van der Waals surface area contributed by atoms with Crippen LogP contribution < -0.4 is 9.21 Å². The normalized spacial score (nSPS) is 22.2. The van der Waals surface area contributed by atoms with Crippen molar-refractivity contribution in [1.29, 1.82) is 0 Å². The van der Waals surface area contributed by atoms with Crippen LogP contribution in [0.15, 0.2) is 47.4 Å². The molecule has 1 N–H and O–H groups in total. The molecule has 1 saturated carbocycles. The van der Waals surface area contributed by atoms with Gasteiger partial charge in [0.2, 0.25) is 0 Å². The van der Waals surface area contributed by atoms with Crippen LogP contribution in [0, 0.1) is 30.1 Å². The Labute approximate surface area is 217 Å². The van der Waals surface area contributed by atoms with E-state index in [4.69, 9.17) is 6.42 Å². The summed E-state index contributed by atoms with van der Waals surface area (Å²) in [6, 6.07) is 13.1. The van der Waals surface area contributed by atoms with Gasteiger partial charge in [-0.2, -0.15) is 0 Å². The first-order valence-electron chi connectivity index (χ1n) is 13.4. The number of aliphatic hydroxyl groups excluding tert-OH is 1. The van der Waals surface area contributed by atoms with Gasteiger partial charge in [-0.1, -0.05) is 32.9 Å². The van der Waals surface area contributed by atoms with Crippen LogP contribution in [0.2, 0.25) is 0 Å². The first-order chi connectivity index (χ1) is 17.2. The van der Waals surface area contributed by atoms with Crippen LogP contribution >= 0.6 is 0 Å². The highest BCUT2D eigenvalue weighted by atomic mass is 32.2. The van der Waals surface area contributed by atoms with Crippen molar-refractivity contribution >= 4 is 21.4 Å². The fraction of sp³-hybridized carbons (Fsp3) is 0.533. The molecule has 2 aromatic rings. The lowest BCUT2D eigenvalue weighted by molar-refractivity contribution is 0.162. The van der Waals surface area contributed by atoms with E-state index in [0.717, 1.165) is 50.9 Å². The molecule has 1 unspecified atom stereocenters. The van der Waals surface area contributed by atoms with Gasteiger partial charge in [0.05, 0.1) is 16.7 Å². The Bertz CT molecular complexity index is 1180. The molecular weight excluding hydrogens is 468 g/mol. The van der Waals surface area contributed by atoms with Crippen LogP contribution in [-0.4, -0.2) is 33.2 Å². The summed E-state index contributed by atoms with van der Waals surface area (Å²) in [5.41, 5.74) is 3.51. The van der Waals surface area contributed by atoms with Crippen LogP contribution in [0.5, 0.6) is 0 Å². The maximum Gasteiger partial charge on any atom is 0.264 e. The minimum atomic E-state index is -3.79.